The third-order valence-corrected chi connectivity index (χ3v) is 2.53. The molecule has 0 spiro atoms. The van der Waals surface area contributed by atoms with Gasteiger partial charge in [-0.3, -0.25) is 4.98 Å². The Balaban J connectivity index is 2.19. The molecule has 0 amide bonds. The van der Waals surface area contributed by atoms with Gasteiger partial charge >= 0.3 is 0 Å². The van der Waals surface area contributed by atoms with Crippen LogP contribution >= 0.6 is 15.9 Å². The van der Waals surface area contributed by atoms with Crippen LogP contribution in [0.3, 0.4) is 0 Å². The maximum absolute atomic E-state index is 5.57. The standard InChI is InChI=1S/C11H6BrN3O/c12-7-5-9-10(14-6-7)15-11(16-9)8-3-1-2-4-13-8/h1-6H. The Morgan fingerprint density at radius 2 is 2.12 bits per heavy atom. The Hall–Kier alpha value is -1.75. The van der Waals surface area contributed by atoms with Crippen molar-refractivity contribution in [1.29, 1.82) is 0 Å². The summed E-state index contributed by atoms with van der Waals surface area (Å²) in [4.78, 5) is 12.6. The first-order chi connectivity index (χ1) is 7.83. The molecule has 0 radical (unpaired) electrons. The number of oxazole rings is 1. The van der Waals surface area contributed by atoms with Crippen LogP contribution in [-0.4, -0.2) is 15.0 Å². The van der Waals surface area contributed by atoms with Gasteiger partial charge in [-0.2, -0.15) is 4.98 Å². The lowest BCUT2D eigenvalue weighted by atomic mass is 10.3. The molecule has 16 heavy (non-hydrogen) atoms. The number of fused-ring (bicyclic) bond motifs is 1. The lowest BCUT2D eigenvalue weighted by molar-refractivity contribution is 0.616. The lowest BCUT2D eigenvalue weighted by Gasteiger charge is -1.90. The summed E-state index contributed by atoms with van der Waals surface area (Å²) in [6.45, 7) is 0. The third kappa shape index (κ3) is 1.59. The Labute approximate surface area is 99.5 Å². The number of aromatic nitrogens is 3. The molecule has 3 rings (SSSR count). The fraction of sp³-hybridized carbons (Fsp3) is 0. The summed E-state index contributed by atoms with van der Waals surface area (Å²) < 4.78 is 6.43. The maximum atomic E-state index is 5.57. The monoisotopic (exact) mass is 275 g/mol. The first kappa shape index (κ1) is 9.47. The number of rotatable bonds is 1. The topological polar surface area (TPSA) is 51.8 Å². The Morgan fingerprint density at radius 1 is 1.19 bits per heavy atom. The van der Waals surface area contributed by atoms with Gasteiger partial charge in [-0.25, -0.2) is 4.98 Å². The highest BCUT2D eigenvalue weighted by molar-refractivity contribution is 9.10. The fourth-order valence-electron chi connectivity index (χ4n) is 1.39. The molecule has 0 unspecified atom stereocenters. The van der Waals surface area contributed by atoms with Crippen molar-refractivity contribution in [3.8, 4) is 11.6 Å². The van der Waals surface area contributed by atoms with E-state index in [1.807, 2.05) is 24.3 Å². The van der Waals surface area contributed by atoms with Crippen molar-refractivity contribution in [2.24, 2.45) is 0 Å². The highest BCUT2D eigenvalue weighted by atomic mass is 79.9. The molecule has 0 aliphatic carbocycles. The number of halogens is 1. The van der Waals surface area contributed by atoms with Gasteiger partial charge < -0.3 is 4.42 Å². The average molecular weight is 276 g/mol. The van der Waals surface area contributed by atoms with Crippen molar-refractivity contribution < 1.29 is 4.42 Å². The SMILES string of the molecule is Brc1cnc2nc(-c3ccccn3)oc2c1. The largest absolute Gasteiger partial charge is 0.433 e. The highest BCUT2D eigenvalue weighted by Gasteiger charge is 2.09. The van der Waals surface area contributed by atoms with Gasteiger partial charge in [-0.1, -0.05) is 6.07 Å². The van der Waals surface area contributed by atoms with E-state index in [1.165, 1.54) is 0 Å². The molecule has 0 bridgehead atoms. The summed E-state index contributed by atoms with van der Waals surface area (Å²) in [5.41, 5.74) is 1.94. The Bertz CT molecular complexity index is 636. The van der Waals surface area contributed by atoms with Gasteiger partial charge in [0, 0.05) is 22.9 Å². The van der Waals surface area contributed by atoms with Crippen LogP contribution in [0.25, 0.3) is 22.8 Å². The van der Waals surface area contributed by atoms with Gasteiger partial charge in [0.1, 0.15) is 5.69 Å². The summed E-state index contributed by atoms with van der Waals surface area (Å²) in [5.74, 6) is 0.487. The van der Waals surface area contributed by atoms with Crippen LogP contribution in [0.1, 0.15) is 0 Å². The summed E-state index contributed by atoms with van der Waals surface area (Å²) >= 11 is 3.33. The molecular weight excluding hydrogens is 270 g/mol. The zero-order valence-corrected chi connectivity index (χ0v) is 9.68. The quantitative estimate of drug-likeness (QED) is 0.685. The van der Waals surface area contributed by atoms with Crippen LogP contribution in [0.15, 0.2) is 45.5 Å². The van der Waals surface area contributed by atoms with E-state index in [4.69, 9.17) is 4.42 Å². The molecule has 3 heterocycles. The minimum Gasteiger partial charge on any atom is -0.433 e. The zero-order chi connectivity index (χ0) is 11.0. The van der Waals surface area contributed by atoms with Gasteiger partial charge in [0.05, 0.1) is 0 Å². The van der Waals surface area contributed by atoms with Gasteiger partial charge in [0.25, 0.3) is 0 Å². The normalized spacial score (nSPS) is 10.8. The molecule has 3 aromatic heterocycles. The first-order valence-corrected chi connectivity index (χ1v) is 5.46. The summed E-state index contributed by atoms with van der Waals surface area (Å²) in [6, 6.07) is 7.42. The minimum atomic E-state index is 0.487. The molecule has 0 fully saturated rings. The molecule has 0 atom stereocenters. The van der Waals surface area contributed by atoms with Crippen LogP contribution in [0.4, 0.5) is 0 Å². The number of hydrogen-bond donors (Lipinski definition) is 0. The van der Waals surface area contributed by atoms with Gasteiger partial charge in [-0.15, -0.1) is 0 Å². The fourth-order valence-corrected chi connectivity index (χ4v) is 1.70. The van der Waals surface area contributed by atoms with E-state index < -0.39 is 0 Å². The van der Waals surface area contributed by atoms with Crippen molar-refractivity contribution in [1.82, 2.24) is 15.0 Å². The van der Waals surface area contributed by atoms with E-state index in [0.29, 0.717) is 22.8 Å². The minimum absolute atomic E-state index is 0.487. The number of nitrogens with zero attached hydrogens (tertiary/aromatic N) is 3. The molecule has 78 valence electrons. The molecule has 5 heteroatoms. The predicted molar refractivity (Wildman–Crippen MR) is 62.7 cm³/mol. The molecule has 0 aliphatic rings. The van der Waals surface area contributed by atoms with E-state index in [9.17, 15) is 0 Å². The molecule has 0 saturated carbocycles. The van der Waals surface area contributed by atoms with Crippen molar-refractivity contribution in [3.63, 3.8) is 0 Å². The van der Waals surface area contributed by atoms with E-state index in [1.54, 1.807) is 12.4 Å². The van der Waals surface area contributed by atoms with Crippen molar-refractivity contribution in [3.05, 3.63) is 41.1 Å². The molecule has 0 aliphatic heterocycles. The van der Waals surface area contributed by atoms with Crippen molar-refractivity contribution in [2.75, 3.05) is 0 Å². The number of hydrogen-bond acceptors (Lipinski definition) is 4. The molecule has 3 aromatic rings. The Kier molecular flexibility index (Phi) is 2.18. The van der Waals surface area contributed by atoms with Crippen LogP contribution in [0, 0.1) is 0 Å². The van der Waals surface area contributed by atoms with E-state index in [2.05, 4.69) is 30.9 Å². The molecule has 4 nitrogen and oxygen atoms in total. The molecule has 0 N–H and O–H groups in total. The highest BCUT2D eigenvalue weighted by Crippen LogP contribution is 2.23. The van der Waals surface area contributed by atoms with E-state index >= 15 is 0 Å². The van der Waals surface area contributed by atoms with Crippen LogP contribution in [-0.2, 0) is 0 Å². The lowest BCUT2D eigenvalue weighted by Crippen LogP contribution is -1.81. The van der Waals surface area contributed by atoms with Gasteiger partial charge in [0.15, 0.2) is 11.2 Å². The first-order valence-electron chi connectivity index (χ1n) is 4.66. The Morgan fingerprint density at radius 3 is 2.94 bits per heavy atom. The van der Waals surface area contributed by atoms with Crippen LogP contribution in [0.2, 0.25) is 0 Å². The average Bonchev–Trinajstić information content (AvgIpc) is 2.73. The second-order valence-corrected chi connectivity index (χ2v) is 4.12. The second kappa shape index (κ2) is 3.68. The van der Waals surface area contributed by atoms with Crippen molar-refractivity contribution >= 4 is 27.2 Å². The zero-order valence-electron chi connectivity index (χ0n) is 8.09. The van der Waals surface area contributed by atoms with Crippen LogP contribution < -0.4 is 0 Å². The number of pyridine rings is 2. The van der Waals surface area contributed by atoms with E-state index in [0.717, 1.165) is 4.47 Å². The summed E-state index contributed by atoms with van der Waals surface area (Å²) in [7, 11) is 0. The molecular formula is C11H6BrN3O. The smallest absolute Gasteiger partial charge is 0.247 e. The molecule has 0 aromatic carbocycles. The van der Waals surface area contributed by atoms with E-state index in [-0.39, 0.29) is 0 Å². The third-order valence-electron chi connectivity index (χ3n) is 2.10. The molecule has 0 saturated heterocycles. The second-order valence-electron chi connectivity index (χ2n) is 3.21. The van der Waals surface area contributed by atoms with Gasteiger partial charge in [0.2, 0.25) is 5.89 Å². The van der Waals surface area contributed by atoms with Crippen LogP contribution in [0.5, 0.6) is 0 Å². The maximum Gasteiger partial charge on any atom is 0.247 e. The summed E-state index contributed by atoms with van der Waals surface area (Å²) in [6.07, 6.45) is 3.39. The predicted octanol–water partition coefficient (Wildman–Crippen LogP) is 3.05. The van der Waals surface area contributed by atoms with Gasteiger partial charge in [-0.05, 0) is 28.1 Å². The summed E-state index contributed by atoms with van der Waals surface area (Å²) in [5, 5.41) is 0. The van der Waals surface area contributed by atoms with Crippen molar-refractivity contribution in [2.45, 2.75) is 0 Å².